The first-order valence-electron chi connectivity index (χ1n) is 10.8. The van der Waals surface area contributed by atoms with Crippen molar-refractivity contribution in [1.82, 2.24) is 0 Å². The summed E-state index contributed by atoms with van der Waals surface area (Å²) in [7, 11) is 0. The third-order valence-electron chi connectivity index (χ3n) is 6.06. The van der Waals surface area contributed by atoms with Crippen LogP contribution in [0.5, 0.6) is 5.75 Å². The minimum atomic E-state index is -0.582. The standard InChI is InChI=1S/C25H27FO4/c1-2-29-25(28)19-10-6-9-18(19)24(27)21-13-20(17-11-12-17)23(14-22(21)26)30-15-16-7-4-3-5-8-16/h3-5,7-8,13-14,17-19H,2,6,9-12,15H2,1H3. The summed E-state index contributed by atoms with van der Waals surface area (Å²) in [5.74, 6) is -1.41. The Bertz CT molecular complexity index is 920. The highest BCUT2D eigenvalue weighted by molar-refractivity contribution is 6.01. The van der Waals surface area contributed by atoms with E-state index >= 15 is 4.39 Å². The lowest BCUT2D eigenvalue weighted by Gasteiger charge is -2.19. The van der Waals surface area contributed by atoms with Gasteiger partial charge in [0.2, 0.25) is 0 Å². The number of Topliss-reactive ketones (excluding diaryl/α,β-unsaturated/α-hetero) is 1. The number of esters is 1. The number of benzene rings is 2. The van der Waals surface area contributed by atoms with Gasteiger partial charge in [0.1, 0.15) is 18.2 Å². The number of hydrogen-bond acceptors (Lipinski definition) is 4. The number of ether oxygens (including phenoxy) is 2. The predicted molar refractivity (Wildman–Crippen MR) is 111 cm³/mol. The van der Waals surface area contributed by atoms with Gasteiger partial charge >= 0.3 is 5.97 Å². The molecule has 2 fully saturated rings. The van der Waals surface area contributed by atoms with Crippen molar-refractivity contribution >= 4 is 11.8 Å². The highest BCUT2D eigenvalue weighted by Gasteiger charge is 2.40. The van der Waals surface area contributed by atoms with Crippen molar-refractivity contribution in [2.45, 2.75) is 51.6 Å². The van der Waals surface area contributed by atoms with Crippen LogP contribution in [-0.2, 0) is 16.1 Å². The molecule has 2 unspecified atom stereocenters. The number of carbonyl (C=O) groups excluding carboxylic acids is 2. The van der Waals surface area contributed by atoms with E-state index in [2.05, 4.69) is 0 Å². The van der Waals surface area contributed by atoms with Gasteiger partial charge in [-0.2, -0.15) is 0 Å². The van der Waals surface area contributed by atoms with Crippen molar-refractivity contribution in [1.29, 1.82) is 0 Å². The van der Waals surface area contributed by atoms with Crippen LogP contribution < -0.4 is 4.74 Å². The molecule has 0 heterocycles. The molecule has 2 atom stereocenters. The Kier molecular flexibility index (Phi) is 6.16. The van der Waals surface area contributed by atoms with Gasteiger partial charge in [0, 0.05) is 12.0 Å². The number of halogens is 1. The van der Waals surface area contributed by atoms with Crippen LogP contribution in [0.1, 0.15) is 66.4 Å². The molecule has 5 heteroatoms. The summed E-state index contributed by atoms with van der Waals surface area (Å²) >= 11 is 0. The van der Waals surface area contributed by atoms with Crippen molar-refractivity contribution in [2.24, 2.45) is 11.8 Å². The minimum Gasteiger partial charge on any atom is -0.489 e. The number of carbonyl (C=O) groups is 2. The second-order valence-corrected chi connectivity index (χ2v) is 8.18. The van der Waals surface area contributed by atoms with Crippen LogP contribution >= 0.6 is 0 Å². The van der Waals surface area contributed by atoms with Gasteiger partial charge in [0.05, 0.1) is 18.1 Å². The lowest BCUT2D eigenvalue weighted by molar-refractivity contribution is -0.148. The van der Waals surface area contributed by atoms with Crippen molar-refractivity contribution in [3.8, 4) is 5.75 Å². The van der Waals surface area contributed by atoms with Gasteiger partial charge in [0.25, 0.3) is 0 Å². The topological polar surface area (TPSA) is 52.6 Å². The summed E-state index contributed by atoms with van der Waals surface area (Å²) in [5, 5.41) is 0. The first kappa shape index (κ1) is 20.6. The molecule has 2 saturated carbocycles. The molecule has 0 aliphatic heterocycles. The Labute approximate surface area is 176 Å². The Morgan fingerprint density at radius 2 is 1.77 bits per heavy atom. The van der Waals surface area contributed by atoms with Gasteiger partial charge in [-0.3, -0.25) is 9.59 Å². The molecule has 0 spiro atoms. The fraction of sp³-hybridized carbons (Fsp3) is 0.440. The molecule has 2 aromatic carbocycles. The lowest BCUT2D eigenvalue weighted by Crippen LogP contribution is -2.28. The predicted octanol–water partition coefficient (Wildman–Crippen LogP) is 5.44. The largest absolute Gasteiger partial charge is 0.489 e. The number of hydrogen-bond donors (Lipinski definition) is 0. The molecule has 2 aromatic rings. The maximum Gasteiger partial charge on any atom is 0.309 e. The monoisotopic (exact) mass is 410 g/mol. The molecular weight excluding hydrogens is 383 g/mol. The maximum atomic E-state index is 15.0. The number of rotatable bonds is 8. The van der Waals surface area contributed by atoms with Gasteiger partial charge in [-0.1, -0.05) is 36.8 Å². The Morgan fingerprint density at radius 3 is 2.47 bits per heavy atom. The fourth-order valence-electron chi connectivity index (χ4n) is 4.34. The van der Waals surface area contributed by atoms with Crippen LogP contribution in [0.2, 0.25) is 0 Å². The zero-order valence-corrected chi connectivity index (χ0v) is 17.2. The van der Waals surface area contributed by atoms with E-state index in [0.29, 0.717) is 31.1 Å². The van der Waals surface area contributed by atoms with Gasteiger partial charge in [-0.25, -0.2) is 4.39 Å². The first-order valence-corrected chi connectivity index (χ1v) is 10.8. The van der Waals surface area contributed by atoms with E-state index in [4.69, 9.17) is 9.47 Å². The molecule has 0 saturated heterocycles. The van der Waals surface area contributed by atoms with Crippen LogP contribution in [0.15, 0.2) is 42.5 Å². The molecule has 2 aliphatic rings. The summed E-state index contributed by atoms with van der Waals surface area (Å²) in [6.07, 6.45) is 4.00. The molecule has 0 N–H and O–H groups in total. The molecule has 0 aromatic heterocycles. The van der Waals surface area contributed by atoms with E-state index in [1.807, 2.05) is 30.3 Å². The van der Waals surface area contributed by atoms with Crippen molar-refractivity contribution in [3.05, 3.63) is 65.0 Å². The molecule has 0 radical (unpaired) electrons. The van der Waals surface area contributed by atoms with Crippen LogP contribution in [0.4, 0.5) is 4.39 Å². The summed E-state index contributed by atoms with van der Waals surface area (Å²) in [5.41, 5.74) is 1.97. The summed E-state index contributed by atoms with van der Waals surface area (Å²) in [6.45, 7) is 2.38. The maximum absolute atomic E-state index is 15.0. The SMILES string of the molecule is CCOC(=O)C1CCCC1C(=O)c1cc(C2CC2)c(OCc2ccccc2)cc1F. The van der Waals surface area contributed by atoms with Gasteiger partial charge in [-0.05, 0) is 55.7 Å². The highest BCUT2D eigenvalue weighted by atomic mass is 19.1. The second-order valence-electron chi connectivity index (χ2n) is 8.18. The average molecular weight is 410 g/mol. The zero-order chi connectivity index (χ0) is 21.1. The smallest absolute Gasteiger partial charge is 0.309 e. The van der Waals surface area contributed by atoms with Crippen molar-refractivity contribution in [3.63, 3.8) is 0 Å². The van der Waals surface area contributed by atoms with E-state index < -0.39 is 17.7 Å². The third-order valence-corrected chi connectivity index (χ3v) is 6.06. The molecule has 2 aliphatic carbocycles. The van der Waals surface area contributed by atoms with Crippen LogP contribution in [0, 0.1) is 17.7 Å². The highest BCUT2D eigenvalue weighted by Crippen LogP contribution is 2.46. The Balaban J connectivity index is 1.57. The molecular formula is C25H27FO4. The Morgan fingerprint density at radius 1 is 1.03 bits per heavy atom. The van der Waals surface area contributed by atoms with Crippen molar-refractivity contribution < 1.29 is 23.5 Å². The molecule has 4 nitrogen and oxygen atoms in total. The molecule has 4 rings (SSSR count). The van der Waals surface area contributed by atoms with Crippen LogP contribution in [0.3, 0.4) is 0 Å². The fourth-order valence-corrected chi connectivity index (χ4v) is 4.34. The van der Waals surface area contributed by atoms with Gasteiger partial charge in [-0.15, -0.1) is 0 Å². The van der Waals surface area contributed by atoms with E-state index in [1.54, 1.807) is 13.0 Å². The first-order chi connectivity index (χ1) is 14.6. The average Bonchev–Trinajstić information content (AvgIpc) is 3.48. The second kappa shape index (κ2) is 8.99. The number of ketones is 1. The van der Waals surface area contributed by atoms with E-state index in [1.165, 1.54) is 6.07 Å². The van der Waals surface area contributed by atoms with Crippen LogP contribution in [-0.4, -0.2) is 18.4 Å². The van der Waals surface area contributed by atoms with E-state index in [-0.39, 0.29) is 23.9 Å². The van der Waals surface area contributed by atoms with Gasteiger partial charge in [0.15, 0.2) is 5.78 Å². The molecule has 0 bridgehead atoms. The zero-order valence-electron chi connectivity index (χ0n) is 17.2. The normalized spacial score (nSPS) is 20.7. The minimum absolute atomic E-state index is 0.0742. The quantitative estimate of drug-likeness (QED) is 0.429. The van der Waals surface area contributed by atoms with E-state index in [9.17, 15) is 9.59 Å². The van der Waals surface area contributed by atoms with Crippen molar-refractivity contribution in [2.75, 3.05) is 6.61 Å². The summed E-state index contributed by atoms with van der Waals surface area (Å²) in [4.78, 5) is 25.4. The van der Waals surface area contributed by atoms with E-state index in [0.717, 1.165) is 30.4 Å². The molecule has 0 amide bonds. The lowest BCUT2D eigenvalue weighted by atomic mass is 9.87. The Hall–Kier alpha value is -2.69. The van der Waals surface area contributed by atoms with Gasteiger partial charge < -0.3 is 9.47 Å². The molecule has 158 valence electrons. The summed E-state index contributed by atoms with van der Waals surface area (Å²) in [6, 6.07) is 12.7. The summed E-state index contributed by atoms with van der Waals surface area (Å²) < 4.78 is 26.1. The van der Waals surface area contributed by atoms with Crippen LogP contribution in [0.25, 0.3) is 0 Å². The third kappa shape index (κ3) is 4.40. The molecule has 30 heavy (non-hydrogen) atoms.